The zero-order valence-electron chi connectivity index (χ0n) is 10.3. The maximum atomic E-state index is 13.7. The highest BCUT2D eigenvalue weighted by Crippen LogP contribution is 2.23. The van der Waals surface area contributed by atoms with Gasteiger partial charge in [0.1, 0.15) is 11.6 Å². The van der Waals surface area contributed by atoms with Gasteiger partial charge in [-0.2, -0.15) is 0 Å². The third kappa shape index (κ3) is 4.10. The first-order chi connectivity index (χ1) is 7.91. The molecule has 0 aromatic heterocycles. The number of rotatable bonds is 5. The quantitative estimate of drug-likeness (QED) is 0.878. The van der Waals surface area contributed by atoms with Crippen LogP contribution >= 0.6 is 11.6 Å². The molecule has 0 fully saturated rings. The van der Waals surface area contributed by atoms with Crippen LogP contribution in [0.1, 0.15) is 32.3 Å². The van der Waals surface area contributed by atoms with E-state index in [9.17, 15) is 9.18 Å². The van der Waals surface area contributed by atoms with Gasteiger partial charge in [0.05, 0.1) is 5.92 Å². The molecular formula is C13H17ClFNO. The lowest BCUT2D eigenvalue weighted by Gasteiger charge is -2.17. The molecule has 1 rings (SSSR count). The molecule has 0 aliphatic carbocycles. The number of benzene rings is 1. The monoisotopic (exact) mass is 257 g/mol. The summed E-state index contributed by atoms with van der Waals surface area (Å²) >= 11 is 5.69. The predicted molar refractivity (Wildman–Crippen MR) is 68.0 cm³/mol. The number of carbonyl (C=O) groups excluding carboxylic acids is 1. The molecule has 94 valence electrons. The zero-order chi connectivity index (χ0) is 13.0. The van der Waals surface area contributed by atoms with E-state index in [1.165, 1.54) is 13.0 Å². The number of hydrogen-bond donors (Lipinski definition) is 1. The number of hydrogen-bond acceptors (Lipinski definition) is 2. The minimum atomic E-state index is -0.463. The first kappa shape index (κ1) is 14.1. The lowest BCUT2D eigenvalue weighted by atomic mass is 9.94. The van der Waals surface area contributed by atoms with Gasteiger partial charge >= 0.3 is 0 Å². The smallest absolute Gasteiger partial charge is 0.138 e. The van der Waals surface area contributed by atoms with Gasteiger partial charge < -0.3 is 5.32 Å². The molecule has 0 aliphatic rings. The van der Waals surface area contributed by atoms with Gasteiger partial charge in [-0.3, -0.25) is 4.79 Å². The van der Waals surface area contributed by atoms with Crippen molar-refractivity contribution < 1.29 is 9.18 Å². The van der Waals surface area contributed by atoms with Crippen LogP contribution in [0.5, 0.6) is 0 Å². The molecule has 0 aliphatic heterocycles. The van der Waals surface area contributed by atoms with Gasteiger partial charge in [0.15, 0.2) is 0 Å². The fourth-order valence-corrected chi connectivity index (χ4v) is 1.77. The van der Waals surface area contributed by atoms with Crippen molar-refractivity contribution in [2.24, 2.45) is 0 Å². The van der Waals surface area contributed by atoms with Gasteiger partial charge in [0.2, 0.25) is 0 Å². The van der Waals surface area contributed by atoms with Crippen LogP contribution in [-0.4, -0.2) is 18.4 Å². The fourth-order valence-electron chi connectivity index (χ4n) is 1.61. The Kier molecular flexibility index (Phi) is 5.09. The van der Waals surface area contributed by atoms with Crippen LogP contribution in [0.2, 0.25) is 5.02 Å². The number of Topliss-reactive ketones (excluding diaryl/α,β-unsaturated/α-hetero) is 1. The van der Waals surface area contributed by atoms with E-state index in [0.29, 0.717) is 17.1 Å². The van der Waals surface area contributed by atoms with Crippen molar-refractivity contribution in [1.82, 2.24) is 5.32 Å². The Balaban J connectivity index is 2.93. The van der Waals surface area contributed by atoms with Gasteiger partial charge in [-0.05, 0) is 24.6 Å². The van der Waals surface area contributed by atoms with E-state index in [-0.39, 0.29) is 11.8 Å². The van der Waals surface area contributed by atoms with Crippen molar-refractivity contribution in [2.45, 2.75) is 32.7 Å². The lowest BCUT2D eigenvalue weighted by Crippen LogP contribution is -2.31. The topological polar surface area (TPSA) is 29.1 Å². The molecule has 17 heavy (non-hydrogen) atoms. The second-order valence-electron chi connectivity index (χ2n) is 4.39. The molecule has 0 saturated carbocycles. The SMILES string of the molecule is CC(=O)C(CNC(C)C)c1ccc(Cl)cc1F. The van der Waals surface area contributed by atoms with Crippen LogP contribution in [0, 0.1) is 5.82 Å². The first-order valence-corrected chi connectivity index (χ1v) is 5.98. The van der Waals surface area contributed by atoms with Crippen molar-refractivity contribution in [3.8, 4) is 0 Å². The summed E-state index contributed by atoms with van der Waals surface area (Å²) in [5.41, 5.74) is 0.398. The van der Waals surface area contributed by atoms with E-state index >= 15 is 0 Å². The number of ketones is 1. The van der Waals surface area contributed by atoms with E-state index in [1.54, 1.807) is 12.1 Å². The standard InChI is InChI=1S/C13H17ClFNO/c1-8(2)16-7-12(9(3)17)11-5-4-10(14)6-13(11)15/h4-6,8,12,16H,7H2,1-3H3. The molecule has 0 bridgehead atoms. The first-order valence-electron chi connectivity index (χ1n) is 5.60. The highest BCUT2D eigenvalue weighted by molar-refractivity contribution is 6.30. The zero-order valence-corrected chi connectivity index (χ0v) is 11.0. The lowest BCUT2D eigenvalue weighted by molar-refractivity contribution is -0.118. The molecule has 0 spiro atoms. The van der Waals surface area contributed by atoms with Crippen molar-refractivity contribution >= 4 is 17.4 Å². The summed E-state index contributed by atoms with van der Waals surface area (Å²) in [7, 11) is 0. The molecule has 1 atom stereocenters. The minimum absolute atomic E-state index is 0.0561. The summed E-state index contributed by atoms with van der Waals surface area (Å²) in [5, 5.41) is 3.49. The third-order valence-corrected chi connectivity index (χ3v) is 2.79. The van der Waals surface area contributed by atoms with E-state index in [1.807, 2.05) is 13.8 Å². The van der Waals surface area contributed by atoms with Crippen molar-refractivity contribution in [3.05, 3.63) is 34.6 Å². The molecule has 1 unspecified atom stereocenters. The number of nitrogens with one attached hydrogen (secondary N) is 1. The van der Waals surface area contributed by atoms with Crippen LogP contribution in [0.3, 0.4) is 0 Å². The molecule has 0 heterocycles. The summed E-state index contributed by atoms with van der Waals surface area (Å²) in [6.07, 6.45) is 0. The Bertz CT molecular complexity index is 406. The molecular weight excluding hydrogens is 241 g/mol. The van der Waals surface area contributed by atoms with Crippen molar-refractivity contribution in [3.63, 3.8) is 0 Å². The Labute approximate surface area is 106 Å². The summed E-state index contributed by atoms with van der Waals surface area (Å²) in [6.45, 7) is 5.87. The van der Waals surface area contributed by atoms with Crippen LogP contribution in [0.25, 0.3) is 0 Å². The average Bonchev–Trinajstić information content (AvgIpc) is 2.20. The van der Waals surface area contributed by atoms with E-state index in [2.05, 4.69) is 5.32 Å². The molecule has 0 radical (unpaired) electrons. The maximum absolute atomic E-state index is 13.7. The van der Waals surface area contributed by atoms with E-state index < -0.39 is 11.7 Å². The molecule has 0 amide bonds. The molecule has 0 saturated heterocycles. The van der Waals surface area contributed by atoms with E-state index in [4.69, 9.17) is 11.6 Å². The summed E-state index contributed by atoms with van der Waals surface area (Å²) < 4.78 is 13.7. The summed E-state index contributed by atoms with van der Waals surface area (Å²) in [6, 6.07) is 4.67. The Hall–Kier alpha value is -0.930. The predicted octanol–water partition coefficient (Wildman–Crippen LogP) is 3.15. The van der Waals surface area contributed by atoms with Gasteiger partial charge in [-0.25, -0.2) is 4.39 Å². The Morgan fingerprint density at radius 3 is 2.59 bits per heavy atom. The van der Waals surface area contributed by atoms with Crippen LogP contribution in [0.15, 0.2) is 18.2 Å². The third-order valence-electron chi connectivity index (χ3n) is 2.56. The highest BCUT2D eigenvalue weighted by atomic mass is 35.5. The Morgan fingerprint density at radius 1 is 1.47 bits per heavy atom. The van der Waals surface area contributed by atoms with Gasteiger partial charge in [0, 0.05) is 17.6 Å². The molecule has 1 N–H and O–H groups in total. The Morgan fingerprint density at radius 2 is 2.12 bits per heavy atom. The van der Waals surface area contributed by atoms with Crippen LogP contribution in [0.4, 0.5) is 4.39 Å². The second kappa shape index (κ2) is 6.12. The van der Waals surface area contributed by atoms with Gasteiger partial charge in [-0.15, -0.1) is 0 Å². The van der Waals surface area contributed by atoms with Gasteiger partial charge in [0.25, 0.3) is 0 Å². The second-order valence-corrected chi connectivity index (χ2v) is 4.83. The highest BCUT2D eigenvalue weighted by Gasteiger charge is 2.20. The summed E-state index contributed by atoms with van der Waals surface area (Å²) in [4.78, 5) is 11.6. The van der Waals surface area contributed by atoms with Crippen molar-refractivity contribution in [2.75, 3.05) is 6.54 Å². The largest absolute Gasteiger partial charge is 0.313 e. The number of halogens is 2. The molecule has 1 aromatic rings. The van der Waals surface area contributed by atoms with E-state index in [0.717, 1.165) is 0 Å². The molecule has 4 heteroatoms. The maximum Gasteiger partial charge on any atom is 0.138 e. The summed E-state index contributed by atoms with van der Waals surface area (Å²) in [5.74, 6) is -0.947. The van der Waals surface area contributed by atoms with Crippen LogP contribution in [-0.2, 0) is 4.79 Å². The van der Waals surface area contributed by atoms with Gasteiger partial charge in [-0.1, -0.05) is 31.5 Å². The fraction of sp³-hybridized carbons (Fsp3) is 0.462. The minimum Gasteiger partial charge on any atom is -0.313 e. The molecule has 2 nitrogen and oxygen atoms in total. The van der Waals surface area contributed by atoms with Crippen molar-refractivity contribution in [1.29, 1.82) is 0 Å². The van der Waals surface area contributed by atoms with Crippen LogP contribution < -0.4 is 5.32 Å². The number of carbonyl (C=O) groups is 1. The average molecular weight is 258 g/mol. The normalized spacial score (nSPS) is 12.8. The molecule has 1 aromatic carbocycles.